The van der Waals surface area contributed by atoms with Gasteiger partial charge in [0, 0.05) is 7.05 Å². The van der Waals surface area contributed by atoms with Crippen molar-refractivity contribution in [3.05, 3.63) is 29.8 Å². The number of nitrogens with one attached hydrogen (secondary N) is 3. The van der Waals surface area contributed by atoms with Crippen LogP contribution in [0.2, 0.25) is 0 Å². The van der Waals surface area contributed by atoms with Crippen LogP contribution in [0, 0.1) is 0 Å². The van der Waals surface area contributed by atoms with Crippen LogP contribution in [0.1, 0.15) is 18.9 Å². The number of rotatable bonds is 6. The summed E-state index contributed by atoms with van der Waals surface area (Å²) in [6.45, 7) is 3.97. The van der Waals surface area contributed by atoms with E-state index in [1.807, 2.05) is 12.1 Å². The smallest absolute Gasteiger partial charge is 0.321 e. The van der Waals surface area contributed by atoms with Crippen LogP contribution < -0.4 is 15.5 Å². The zero-order valence-corrected chi connectivity index (χ0v) is 16.1. The number of carbonyl (C=O) groups is 2. The van der Waals surface area contributed by atoms with Gasteiger partial charge in [-0.1, -0.05) is 25.5 Å². The molecular formula is C17H27N4O4S+. The molecule has 0 aliphatic carbocycles. The molecule has 9 heteroatoms. The van der Waals surface area contributed by atoms with E-state index >= 15 is 0 Å². The molecule has 0 unspecified atom stereocenters. The molecule has 0 atom stereocenters. The third kappa shape index (κ3) is 5.26. The fourth-order valence-corrected chi connectivity index (χ4v) is 4.39. The first kappa shape index (κ1) is 20.3. The lowest BCUT2D eigenvalue weighted by Gasteiger charge is -2.31. The molecule has 1 aliphatic heterocycles. The van der Waals surface area contributed by atoms with E-state index in [-0.39, 0.29) is 12.5 Å². The van der Waals surface area contributed by atoms with Gasteiger partial charge in [-0.3, -0.25) is 10.1 Å². The molecule has 1 fully saturated rings. The van der Waals surface area contributed by atoms with Gasteiger partial charge in [-0.2, -0.15) is 4.31 Å². The van der Waals surface area contributed by atoms with Crippen molar-refractivity contribution in [1.29, 1.82) is 0 Å². The molecule has 1 heterocycles. The van der Waals surface area contributed by atoms with Gasteiger partial charge in [0.2, 0.25) is 10.0 Å². The third-order valence-corrected chi connectivity index (χ3v) is 6.33. The Balaban J connectivity index is 1.91. The van der Waals surface area contributed by atoms with Crippen LogP contribution in [0.15, 0.2) is 29.2 Å². The summed E-state index contributed by atoms with van der Waals surface area (Å²) in [5.41, 5.74) is 1.13. The maximum absolute atomic E-state index is 12.8. The molecule has 3 amide bonds. The predicted molar refractivity (Wildman–Crippen MR) is 97.4 cm³/mol. The lowest BCUT2D eigenvalue weighted by molar-refractivity contribution is -0.895. The minimum absolute atomic E-state index is 0.146. The van der Waals surface area contributed by atoms with E-state index in [1.165, 1.54) is 11.4 Å². The van der Waals surface area contributed by atoms with Crippen molar-refractivity contribution in [3.63, 3.8) is 0 Å². The minimum Gasteiger partial charge on any atom is -0.341 e. The van der Waals surface area contributed by atoms with Crippen LogP contribution in [0.3, 0.4) is 0 Å². The molecule has 0 bridgehead atoms. The van der Waals surface area contributed by atoms with Crippen molar-refractivity contribution in [2.45, 2.75) is 24.7 Å². The SMILES string of the molecule is CCCc1ccc(S(=O)(=O)N2CC[NH+](CC(=O)NC(=O)NC)CC2)cc1. The number of carbonyl (C=O) groups excluding carboxylic acids is 2. The Hall–Kier alpha value is -1.97. The predicted octanol–water partition coefficient (Wildman–Crippen LogP) is -1.02. The van der Waals surface area contributed by atoms with Gasteiger partial charge in [-0.25, -0.2) is 13.2 Å². The summed E-state index contributed by atoms with van der Waals surface area (Å²) in [7, 11) is -2.07. The van der Waals surface area contributed by atoms with Gasteiger partial charge < -0.3 is 10.2 Å². The lowest BCUT2D eigenvalue weighted by Crippen LogP contribution is -3.15. The van der Waals surface area contributed by atoms with Crippen LogP contribution >= 0.6 is 0 Å². The summed E-state index contributed by atoms with van der Waals surface area (Å²) < 4.78 is 27.0. The monoisotopic (exact) mass is 383 g/mol. The molecule has 3 N–H and O–H groups in total. The molecule has 1 aliphatic rings. The van der Waals surface area contributed by atoms with E-state index in [4.69, 9.17) is 0 Å². The van der Waals surface area contributed by atoms with Crippen LogP contribution in [0.4, 0.5) is 4.79 Å². The summed E-state index contributed by atoms with van der Waals surface area (Å²) in [6, 6.07) is 6.51. The average Bonchev–Trinajstić information content (AvgIpc) is 2.62. The number of benzene rings is 1. The van der Waals surface area contributed by atoms with Crippen molar-refractivity contribution < 1.29 is 22.9 Å². The Bertz CT molecular complexity index is 726. The second-order valence-corrected chi connectivity index (χ2v) is 8.29. The first-order chi connectivity index (χ1) is 12.4. The quantitative estimate of drug-likeness (QED) is 0.586. The summed E-state index contributed by atoms with van der Waals surface area (Å²) in [5.74, 6) is -0.373. The third-order valence-electron chi connectivity index (χ3n) is 4.42. The summed E-state index contributed by atoms with van der Waals surface area (Å²) >= 11 is 0. The van der Waals surface area contributed by atoms with Gasteiger partial charge in [0.05, 0.1) is 31.1 Å². The molecule has 144 valence electrons. The number of piperazine rings is 1. The number of aryl methyl sites for hydroxylation is 1. The Labute approximate surface area is 154 Å². The second kappa shape index (κ2) is 9.11. The number of hydrogen-bond acceptors (Lipinski definition) is 4. The maximum Gasteiger partial charge on any atom is 0.321 e. The maximum atomic E-state index is 12.8. The average molecular weight is 383 g/mol. The fraction of sp³-hybridized carbons (Fsp3) is 0.529. The molecule has 0 spiro atoms. The highest BCUT2D eigenvalue weighted by Crippen LogP contribution is 2.17. The van der Waals surface area contributed by atoms with Gasteiger partial charge in [0.15, 0.2) is 6.54 Å². The molecule has 0 radical (unpaired) electrons. The summed E-state index contributed by atoms with van der Waals surface area (Å²) in [6.07, 6.45) is 1.95. The highest BCUT2D eigenvalue weighted by atomic mass is 32.2. The topological polar surface area (TPSA) is 100 Å². The van der Waals surface area contributed by atoms with Gasteiger partial charge in [-0.15, -0.1) is 0 Å². The number of quaternary nitrogens is 1. The molecule has 0 saturated carbocycles. The van der Waals surface area contributed by atoms with E-state index in [9.17, 15) is 18.0 Å². The Kier molecular flexibility index (Phi) is 7.13. The van der Waals surface area contributed by atoms with Crippen molar-refractivity contribution >= 4 is 22.0 Å². The number of urea groups is 1. The van der Waals surface area contributed by atoms with Crippen LogP contribution in [0.5, 0.6) is 0 Å². The van der Waals surface area contributed by atoms with E-state index in [0.717, 1.165) is 23.3 Å². The van der Waals surface area contributed by atoms with Crippen LogP contribution in [0.25, 0.3) is 0 Å². The number of hydrogen-bond donors (Lipinski definition) is 3. The van der Waals surface area contributed by atoms with Gasteiger partial charge in [0.25, 0.3) is 5.91 Å². The number of nitrogens with zero attached hydrogens (tertiary/aromatic N) is 1. The number of sulfonamides is 1. The number of amides is 3. The Morgan fingerprint density at radius 1 is 1.15 bits per heavy atom. The van der Waals surface area contributed by atoms with Crippen molar-refractivity contribution in [1.82, 2.24) is 14.9 Å². The van der Waals surface area contributed by atoms with Crippen LogP contribution in [-0.2, 0) is 21.2 Å². The molecule has 0 aromatic heterocycles. The Morgan fingerprint density at radius 3 is 2.31 bits per heavy atom. The standard InChI is InChI=1S/C17H26N4O4S/c1-3-4-14-5-7-15(8-6-14)26(24,25)21-11-9-20(10-12-21)13-16(22)19-17(23)18-2/h5-8H,3-4,9-13H2,1-2H3,(H2,18,19,22,23)/p+1. The minimum atomic E-state index is -3.51. The molecule has 1 aromatic rings. The highest BCUT2D eigenvalue weighted by molar-refractivity contribution is 7.89. The molecule has 1 aromatic carbocycles. The van der Waals surface area contributed by atoms with Crippen LogP contribution in [-0.4, -0.2) is 64.4 Å². The first-order valence-electron chi connectivity index (χ1n) is 8.81. The van der Waals surface area contributed by atoms with Crippen molar-refractivity contribution in [3.8, 4) is 0 Å². The van der Waals surface area contributed by atoms with E-state index < -0.39 is 16.1 Å². The summed E-state index contributed by atoms with van der Waals surface area (Å²) in [4.78, 5) is 24.1. The van der Waals surface area contributed by atoms with E-state index in [1.54, 1.807) is 12.1 Å². The van der Waals surface area contributed by atoms with E-state index in [0.29, 0.717) is 31.1 Å². The normalized spacial score (nSPS) is 16.2. The zero-order chi connectivity index (χ0) is 19.2. The first-order valence-corrected chi connectivity index (χ1v) is 10.2. The second-order valence-electron chi connectivity index (χ2n) is 6.35. The van der Waals surface area contributed by atoms with E-state index in [2.05, 4.69) is 17.6 Å². The lowest BCUT2D eigenvalue weighted by atomic mass is 10.1. The molecule has 26 heavy (non-hydrogen) atoms. The van der Waals surface area contributed by atoms with Gasteiger partial charge in [0.1, 0.15) is 0 Å². The molecule has 1 saturated heterocycles. The molecule has 2 rings (SSSR count). The van der Waals surface area contributed by atoms with Gasteiger partial charge >= 0.3 is 6.03 Å². The summed E-state index contributed by atoms with van der Waals surface area (Å²) in [5, 5.41) is 4.54. The number of imide groups is 1. The van der Waals surface area contributed by atoms with Crippen molar-refractivity contribution in [2.75, 3.05) is 39.8 Å². The zero-order valence-electron chi connectivity index (χ0n) is 15.2. The molecular weight excluding hydrogens is 356 g/mol. The fourth-order valence-electron chi connectivity index (χ4n) is 2.95. The van der Waals surface area contributed by atoms with Gasteiger partial charge in [-0.05, 0) is 24.1 Å². The largest absolute Gasteiger partial charge is 0.341 e. The van der Waals surface area contributed by atoms with Crippen molar-refractivity contribution in [2.24, 2.45) is 0 Å². The Morgan fingerprint density at radius 2 is 1.77 bits per heavy atom. The highest BCUT2D eigenvalue weighted by Gasteiger charge is 2.31. The molecule has 8 nitrogen and oxygen atoms in total.